The monoisotopic (exact) mass is 611 g/mol. The number of methoxy groups -OCH3 is 1. The lowest BCUT2D eigenvalue weighted by Crippen LogP contribution is -2.44. The maximum atomic E-state index is 14.3. The van der Waals surface area contributed by atoms with Crippen molar-refractivity contribution in [3.63, 3.8) is 0 Å². The Morgan fingerprint density at radius 2 is 1.98 bits per heavy atom. The number of aliphatic carboxylic acids is 1. The number of carboxylic acid groups (broad SMARTS) is 1. The molecule has 2 fully saturated rings. The summed E-state index contributed by atoms with van der Waals surface area (Å²) >= 11 is 0. The van der Waals surface area contributed by atoms with Crippen LogP contribution in [0.4, 0.5) is 13.2 Å². The third-order valence-corrected chi connectivity index (χ3v) is 10.4. The number of ether oxygens (including phenoxy) is 1. The van der Waals surface area contributed by atoms with Crippen LogP contribution in [0.2, 0.25) is 0 Å². The predicted molar refractivity (Wildman–Crippen MR) is 138 cm³/mol. The lowest BCUT2D eigenvalue weighted by Gasteiger charge is -2.31. The predicted octanol–water partition coefficient (Wildman–Crippen LogP) is 1.74. The lowest BCUT2D eigenvalue weighted by atomic mass is 9.75. The van der Waals surface area contributed by atoms with Gasteiger partial charge in [0.15, 0.2) is 9.84 Å². The minimum absolute atomic E-state index is 0.0114. The smallest absolute Gasteiger partial charge is 0.417 e. The number of amides is 2. The molecule has 2 aliphatic rings. The molecule has 226 valence electrons. The summed E-state index contributed by atoms with van der Waals surface area (Å²) in [5, 5.41) is 24.7. The molecule has 2 unspecified atom stereocenters. The van der Waals surface area contributed by atoms with Crippen LogP contribution >= 0.6 is 0 Å². The molecule has 42 heavy (non-hydrogen) atoms. The Balaban J connectivity index is 1.73. The fraction of sp³-hybridized carbons (Fsp3) is 0.500. The van der Waals surface area contributed by atoms with E-state index in [1.807, 2.05) is 0 Å². The molecule has 4 N–H and O–H groups in total. The van der Waals surface area contributed by atoms with E-state index in [4.69, 9.17) is 10.5 Å². The average molecular weight is 612 g/mol. The summed E-state index contributed by atoms with van der Waals surface area (Å²) in [6, 6.07) is 4.36. The molecule has 0 saturated heterocycles. The molecular weight excluding hydrogens is 583 g/mol. The van der Waals surface area contributed by atoms with Crippen molar-refractivity contribution < 1.29 is 45.8 Å². The van der Waals surface area contributed by atoms with Gasteiger partial charge >= 0.3 is 12.1 Å². The van der Waals surface area contributed by atoms with Gasteiger partial charge in [0, 0.05) is 31.3 Å². The number of nitrogens with zero attached hydrogens (tertiary/aromatic N) is 3. The quantitative estimate of drug-likeness (QED) is 0.359. The van der Waals surface area contributed by atoms with Gasteiger partial charge in [-0.15, -0.1) is 0 Å². The number of halogens is 3. The maximum Gasteiger partial charge on any atom is 0.417 e. The summed E-state index contributed by atoms with van der Waals surface area (Å²) in [4.78, 5) is 35.4. The zero-order valence-corrected chi connectivity index (χ0v) is 23.3. The van der Waals surface area contributed by atoms with Crippen LogP contribution in [-0.4, -0.2) is 66.1 Å². The van der Waals surface area contributed by atoms with E-state index in [-0.39, 0.29) is 30.0 Å². The van der Waals surface area contributed by atoms with Gasteiger partial charge < -0.3 is 20.9 Å². The highest BCUT2D eigenvalue weighted by atomic mass is 32.2. The molecule has 1 aromatic heterocycles. The number of carbonyl (C=O) groups is 3. The zero-order valence-electron chi connectivity index (χ0n) is 22.5. The number of hydrogen-bond acceptors (Lipinski definition) is 8. The van der Waals surface area contributed by atoms with Gasteiger partial charge in [-0.25, -0.2) is 8.42 Å². The summed E-state index contributed by atoms with van der Waals surface area (Å²) in [6.07, 6.45) is -5.26. The van der Waals surface area contributed by atoms with E-state index in [0.717, 1.165) is 19.2 Å². The first kappa shape index (κ1) is 31.0. The van der Waals surface area contributed by atoms with Crippen molar-refractivity contribution in [1.82, 2.24) is 15.1 Å². The molecule has 2 amide bonds. The third-order valence-electron chi connectivity index (χ3n) is 8.20. The van der Waals surface area contributed by atoms with Gasteiger partial charge in [-0.3, -0.25) is 19.1 Å². The molecule has 0 bridgehead atoms. The Morgan fingerprint density at radius 3 is 2.50 bits per heavy atom. The van der Waals surface area contributed by atoms with Crippen LogP contribution in [0.5, 0.6) is 0 Å². The number of likely N-dealkylation sites (N-methyl/N-ethyl adjacent to an activating group) is 1. The highest BCUT2D eigenvalue weighted by molar-refractivity contribution is 7.92. The van der Waals surface area contributed by atoms with Crippen molar-refractivity contribution >= 4 is 27.6 Å². The second-order valence-electron chi connectivity index (χ2n) is 10.5. The van der Waals surface area contributed by atoms with Crippen molar-refractivity contribution in [1.29, 1.82) is 5.26 Å². The van der Waals surface area contributed by atoms with E-state index in [9.17, 15) is 46.3 Å². The fourth-order valence-corrected chi connectivity index (χ4v) is 8.04. The van der Waals surface area contributed by atoms with Crippen LogP contribution in [0, 0.1) is 28.1 Å². The van der Waals surface area contributed by atoms with Crippen molar-refractivity contribution in [2.75, 3.05) is 13.7 Å². The molecule has 12 nitrogen and oxygen atoms in total. The Bertz CT molecular complexity index is 1580. The number of primary amides is 1. The van der Waals surface area contributed by atoms with Crippen molar-refractivity contribution in [2.45, 2.75) is 55.2 Å². The zero-order chi connectivity index (χ0) is 31.3. The fourth-order valence-electron chi connectivity index (χ4n) is 6.02. The molecule has 5 atom stereocenters. The minimum Gasteiger partial charge on any atom is -0.481 e. The first-order valence-electron chi connectivity index (χ1n) is 12.8. The molecule has 4 rings (SSSR count). The molecule has 1 heterocycles. The molecule has 0 aliphatic heterocycles. The van der Waals surface area contributed by atoms with E-state index in [1.165, 1.54) is 17.1 Å². The van der Waals surface area contributed by atoms with Gasteiger partial charge in [0.25, 0.3) is 0 Å². The second-order valence-corrected chi connectivity index (χ2v) is 12.7. The lowest BCUT2D eigenvalue weighted by molar-refractivity contribution is -0.159. The Hall–Kier alpha value is -3.97. The Morgan fingerprint density at radius 1 is 1.29 bits per heavy atom. The number of benzene rings is 1. The van der Waals surface area contributed by atoms with E-state index in [1.54, 1.807) is 13.0 Å². The SMILES string of the molecule is CCNC(=O)Cn1cc(-c2ccc(S(=O)(=O)[C@@H]3C[C@H](OC)[C@@](C(=O)O)(C4CC4(C#N)C(N)=O)C3)c(C(F)(F)F)c2)cn1. The van der Waals surface area contributed by atoms with E-state index < -0.39 is 79.3 Å². The van der Waals surface area contributed by atoms with Gasteiger partial charge in [0.05, 0.1) is 34.1 Å². The summed E-state index contributed by atoms with van der Waals surface area (Å²) in [5.41, 5.74) is 0.188. The van der Waals surface area contributed by atoms with E-state index in [2.05, 4.69) is 10.4 Å². The average Bonchev–Trinajstić information content (AvgIpc) is 3.28. The normalized spacial score (nSPS) is 27.3. The Labute approximate surface area is 238 Å². The number of carbonyl (C=O) groups excluding carboxylic acids is 2. The standard InChI is InChI=1S/C26H28F3N5O7S/c1-3-32-21(35)12-34-11-15(10-33-34)14-4-5-18(17(6-14)26(27,28)29)42(39,40)16-7-20(41-2)25(8-16,23(37)38)19-9-24(19,13-30)22(31)36/h4-6,10-11,16,19-20H,3,7-9,12H2,1-2H3,(H2,31,36)(H,32,35)(H,37,38)/t16-,19?,20+,24?,25+/m1/s1. The van der Waals surface area contributed by atoms with Gasteiger partial charge in [-0.05, 0) is 43.9 Å². The largest absolute Gasteiger partial charge is 0.481 e. The van der Waals surface area contributed by atoms with Crippen LogP contribution in [0.15, 0.2) is 35.5 Å². The first-order valence-corrected chi connectivity index (χ1v) is 14.3. The topological polar surface area (TPSA) is 194 Å². The third kappa shape index (κ3) is 5.00. The van der Waals surface area contributed by atoms with Crippen LogP contribution in [0.1, 0.15) is 31.7 Å². The summed E-state index contributed by atoms with van der Waals surface area (Å²) < 4.78 is 76.9. The number of nitrogens with two attached hydrogens (primary N) is 1. The van der Waals surface area contributed by atoms with Crippen molar-refractivity contribution in [3.8, 4) is 17.2 Å². The number of nitriles is 1. The second kappa shape index (κ2) is 10.7. The molecule has 2 aromatic rings. The molecule has 16 heteroatoms. The molecule has 2 aliphatic carbocycles. The maximum absolute atomic E-state index is 14.3. The van der Waals surface area contributed by atoms with Crippen LogP contribution < -0.4 is 11.1 Å². The number of aromatic nitrogens is 2. The van der Waals surface area contributed by atoms with E-state index >= 15 is 0 Å². The molecular formula is C26H28F3N5O7S. The highest BCUT2D eigenvalue weighted by Crippen LogP contribution is 2.66. The Kier molecular flexibility index (Phi) is 7.89. The van der Waals surface area contributed by atoms with Gasteiger partial charge in [0.1, 0.15) is 17.4 Å². The number of hydrogen-bond donors (Lipinski definition) is 3. The number of carboxylic acids is 1. The molecule has 1 aromatic carbocycles. The number of rotatable bonds is 10. The summed E-state index contributed by atoms with van der Waals surface area (Å²) in [7, 11) is -3.70. The number of nitrogens with one attached hydrogen (secondary N) is 1. The van der Waals surface area contributed by atoms with E-state index in [0.29, 0.717) is 12.6 Å². The molecule has 2 saturated carbocycles. The molecule has 0 spiro atoms. The van der Waals surface area contributed by atoms with Gasteiger partial charge in [0.2, 0.25) is 11.8 Å². The first-order chi connectivity index (χ1) is 19.6. The van der Waals surface area contributed by atoms with Gasteiger partial charge in [-0.2, -0.15) is 23.5 Å². The summed E-state index contributed by atoms with van der Waals surface area (Å²) in [6.45, 7) is 1.92. The number of alkyl halides is 3. The van der Waals surface area contributed by atoms with Gasteiger partial charge in [-0.1, -0.05) is 6.07 Å². The van der Waals surface area contributed by atoms with Crippen LogP contribution in [0.25, 0.3) is 11.1 Å². The molecule has 0 radical (unpaired) electrons. The van der Waals surface area contributed by atoms with Crippen LogP contribution in [-0.2, 0) is 41.7 Å². The van der Waals surface area contributed by atoms with Crippen molar-refractivity contribution in [2.24, 2.45) is 22.5 Å². The highest BCUT2D eigenvalue weighted by Gasteiger charge is 2.75. The number of sulfone groups is 1. The minimum atomic E-state index is -5.11. The summed E-state index contributed by atoms with van der Waals surface area (Å²) in [5.74, 6) is -4.15. The van der Waals surface area contributed by atoms with Crippen molar-refractivity contribution in [3.05, 3.63) is 36.2 Å². The van der Waals surface area contributed by atoms with Crippen LogP contribution in [0.3, 0.4) is 0 Å².